The van der Waals surface area contributed by atoms with Crippen molar-refractivity contribution < 1.29 is 0 Å². The van der Waals surface area contributed by atoms with Gasteiger partial charge in [0.25, 0.3) is 0 Å². The van der Waals surface area contributed by atoms with Gasteiger partial charge in [0.2, 0.25) is 0 Å². The van der Waals surface area contributed by atoms with Crippen LogP contribution in [0.3, 0.4) is 0 Å². The van der Waals surface area contributed by atoms with Crippen molar-refractivity contribution in [1.29, 1.82) is 0 Å². The number of nitrogens with one attached hydrogen (secondary N) is 3. The zero-order chi connectivity index (χ0) is 28.8. The lowest BCUT2D eigenvalue weighted by atomic mass is 10.0. The van der Waals surface area contributed by atoms with E-state index in [1.165, 1.54) is 58.5 Å². The van der Waals surface area contributed by atoms with Crippen LogP contribution in [0.2, 0.25) is 0 Å². The van der Waals surface area contributed by atoms with Crippen LogP contribution in [0.5, 0.6) is 0 Å². The molecule has 0 saturated carbocycles. The maximum Gasteiger partial charge on any atom is 0.00937 e. The van der Waals surface area contributed by atoms with Crippen molar-refractivity contribution in [3.8, 4) is 0 Å². The standard InChI is InChI=1S/C12H24N2.C11H24N2.C9H22N2/c1-9(2)13-5-11-7-14(10(3)4)8-12(11)6-13;1-9(2)12-11-5-7-13(8-6-11)10(3)4;1-8(2)10-6-5-7-11-9(3)4/h9-12H,5-8H2,1-4H3;9-12H,5-8H2,1-4H3;8-11H,5-7H2,1-4H3. The molecule has 6 heteroatoms. The van der Waals surface area contributed by atoms with Gasteiger partial charge in [0.05, 0.1) is 0 Å². The minimum Gasteiger partial charge on any atom is -0.314 e. The van der Waals surface area contributed by atoms with Crippen LogP contribution in [0.15, 0.2) is 0 Å². The molecule has 3 fully saturated rings. The molecule has 3 aliphatic heterocycles. The molecule has 3 saturated heterocycles. The largest absolute Gasteiger partial charge is 0.314 e. The van der Waals surface area contributed by atoms with Crippen molar-refractivity contribution in [2.45, 2.75) is 145 Å². The van der Waals surface area contributed by atoms with Crippen LogP contribution in [-0.2, 0) is 0 Å². The number of nitrogens with zero attached hydrogens (tertiary/aromatic N) is 3. The van der Waals surface area contributed by atoms with Crippen molar-refractivity contribution in [3.05, 3.63) is 0 Å². The molecule has 0 bridgehead atoms. The fourth-order valence-electron chi connectivity index (χ4n) is 5.83. The summed E-state index contributed by atoms with van der Waals surface area (Å²) >= 11 is 0. The van der Waals surface area contributed by atoms with Crippen molar-refractivity contribution in [2.24, 2.45) is 11.8 Å². The van der Waals surface area contributed by atoms with Crippen molar-refractivity contribution in [1.82, 2.24) is 30.7 Å². The third-order valence-electron chi connectivity index (χ3n) is 8.29. The highest BCUT2D eigenvalue weighted by atomic mass is 15.3. The minimum absolute atomic E-state index is 0.619. The van der Waals surface area contributed by atoms with Crippen LogP contribution in [0.25, 0.3) is 0 Å². The molecule has 0 aromatic heterocycles. The zero-order valence-corrected chi connectivity index (χ0v) is 27.8. The van der Waals surface area contributed by atoms with Gasteiger partial charge in [0, 0.05) is 68.5 Å². The molecular formula is C32H70N6. The van der Waals surface area contributed by atoms with E-state index in [0.717, 1.165) is 49.1 Å². The lowest BCUT2D eigenvalue weighted by molar-refractivity contribution is 0.158. The van der Waals surface area contributed by atoms with E-state index >= 15 is 0 Å². The molecule has 228 valence electrons. The quantitative estimate of drug-likeness (QED) is 0.326. The summed E-state index contributed by atoms with van der Waals surface area (Å²) < 4.78 is 0. The van der Waals surface area contributed by atoms with Crippen molar-refractivity contribution in [2.75, 3.05) is 52.4 Å². The highest BCUT2D eigenvalue weighted by molar-refractivity contribution is 4.94. The molecular weight excluding hydrogens is 468 g/mol. The molecule has 38 heavy (non-hydrogen) atoms. The summed E-state index contributed by atoms with van der Waals surface area (Å²) in [4.78, 5) is 7.86. The lowest BCUT2D eigenvalue weighted by Gasteiger charge is -2.35. The summed E-state index contributed by atoms with van der Waals surface area (Å²) in [7, 11) is 0. The van der Waals surface area contributed by atoms with E-state index < -0.39 is 0 Å². The second-order valence-electron chi connectivity index (χ2n) is 13.9. The lowest BCUT2D eigenvalue weighted by Crippen LogP contribution is -2.46. The van der Waals surface area contributed by atoms with Gasteiger partial charge in [-0.2, -0.15) is 0 Å². The fourth-order valence-corrected chi connectivity index (χ4v) is 5.83. The van der Waals surface area contributed by atoms with Crippen LogP contribution in [0.4, 0.5) is 0 Å². The number of hydrogen-bond donors (Lipinski definition) is 3. The van der Waals surface area contributed by atoms with Gasteiger partial charge >= 0.3 is 0 Å². The van der Waals surface area contributed by atoms with Crippen molar-refractivity contribution >= 4 is 0 Å². The van der Waals surface area contributed by atoms with Gasteiger partial charge in [-0.15, -0.1) is 0 Å². The Kier molecular flexibility index (Phi) is 17.9. The first-order chi connectivity index (χ1) is 17.8. The highest BCUT2D eigenvalue weighted by Gasteiger charge is 2.40. The molecule has 0 aliphatic carbocycles. The number of likely N-dealkylation sites (tertiary alicyclic amines) is 3. The normalized spacial score (nSPS) is 23.5. The molecule has 0 aromatic rings. The van der Waals surface area contributed by atoms with Crippen LogP contribution < -0.4 is 16.0 Å². The van der Waals surface area contributed by atoms with E-state index in [2.05, 4.69) is 114 Å². The number of rotatable bonds is 11. The molecule has 0 radical (unpaired) electrons. The van der Waals surface area contributed by atoms with E-state index in [4.69, 9.17) is 0 Å². The second-order valence-corrected chi connectivity index (χ2v) is 13.9. The van der Waals surface area contributed by atoms with Gasteiger partial charge in [-0.1, -0.05) is 41.5 Å². The average Bonchev–Trinajstić information content (AvgIpc) is 3.39. The molecule has 3 N–H and O–H groups in total. The van der Waals surface area contributed by atoms with E-state index in [9.17, 15) is 0 Å². The van der Waals surface area contributed by atoms with Gasteiger partial charge in [-0.25, -0.2) is 0 Å². The maximum atomic E-state index is 3.61. The molecule has 0 unspecified atom stereocenters. The van der Waals surface area contributed by atoms with E-state index in [1.807, 2.05) is 0 Å². The topological polar surface area (TPSA) is 45.8 Å². The molecule has 3 aliphatic rings. The highest BCUT2D eigenvalue weighted by Crippen LogP contribution is 2.32. The third kappa shape index (κ3) is 14.9. The second kappa shape index (κ2) is 19.0. The predicted molar refractivity (Wildman–Crippen MR) is 169 cm³/mol. The summed E-state index contributed by atoms with van der Waals surface area (Å²) in [6.07, 6.45) is 3.85. The molecule has 3 rings (SSSR count). The Labute approximate surface area is 239 Å². The Bertz CT molecular complexity index is 524. The third-order valence-corrected chi connectivity index (χ3v) is 8.29. The monoisotopic (exact) mass is 539 g/mol. The summed E-state index contributed by atoms with van der Waals surface area (Å²) in [6, 6.07) is 4.84. The van der Waals surface area contributed by atoms with Gasteiger partial charge in [-0.05, 0) is 98.8 Å². The van der Waals surface area contributed by atoms with E-state index in [-0.39, 0.29) is 0 Å². The zero-order valence-electron chi connectivity index (χ0n) is 27.8. The average molecular weight is 539 g/mol. The first kappa shape index (κ1) is 35.8. The van der Waals surface area contributed by atoms with E-state index in [1.54, 1.807) is 0 Å². The fraction of sp³-hybridized carbons (Fsp3) is 1.00. The molecule has 0 atom stereocenters. The Balaban J connectivity index is 0.000000288. The Morgan fingerprint density at radius 1 is 0.526 bits per heavy atom. The van der Waals surface area contributed by atoms with Gasteiger partial charge in [0.1, 0.15) is 0 Å². The van der Waals surface area contributed by atoms with Crippen LogP contribution in [0.1, 0.15) is 102 Å². The molecule has 6 nitrogen and oxygen atoms in total. The van der Waals surface area contributed by atoms with Gasteiger partial charge in [0.15, 0.2) is 0 Å². The van der Waals surface area contributed by atoms with Crippen LogP contribution >= 0.6 is 0 Å². The summed E-state index contributed by atoms with van der Waals surface area (Å²) in [6.45, 7) is 37.2. The Morgan fingerprint density at radius 2 is 0.895 bits per heavy atom. The minimum atomic E-state index is 0.619. The Morgan fingerprint density at radius 3 is 1.18 bits per heavy atom. The number of hydrogen-bond acceptors (Lipinski definition) is 6. The number of fused-ring (bicyclic) bond motifs is 1. The summed E-state index contributed by atoms with van der Waals surface area (Å²) in [5, 5.41) is 10.4. The summed E-state index contributed by atoms with van der Waals surface area (Å²) in [5.74, 6) is 1.92. The van der Waals surface area contributed by atoms with Gasteiger partial charge < -0.3 is 30.7 Å². The van der Waals surface area contributed by atoms with Crippen LogP contribution in [-0.4, -0.2) is 109 Å². The molecule has 3 heterocycles. The van der Waals surface area contributed by atoms with Gasteiger partial charge in [-0.3, -0.25) is 0 Å². The maximum absolute atomic E-state index is 3.61. The first-order valence-corrected chi connectivity index (χ1v) is 16.2. The molecule has 0 spiro atoms. The Hall–Kier alpha value is -0.240. The molecule has 0 amide bonds. The smallest absolute Gasteiger partial charge is 0.00937 e. The van der Waals surface area contributed by atoms with Crippen molar-refractivity contribution in [3.63, 3.8) is 0 Å². The number of piperidine rings is 1. The summed E-state index contributed by atoms with van der Waals surface area (Å²) in [5.41, 5.74) is 0. The molecule has 0 aromatic carbocycles. The SMILES string of the molecule is CC(C)N1CC2CN(C(C)C)CC2C1.CC(C)NC1CCN(C(C)C)CC1.CC(C)NCCCNC(C)C. The van der Waals surface area contributed by atoms with E-state index in [0.29, 0.717) is 18.1 Å². The predicted octanol–water partition coefficient (Wildman–Crippen LogP) is 4.90. The first-order valence-electron chi connectivity index (χ1n) is 16.2. The van der Waals surface area contributed by atoms with Crippen LogP contribution in [0, 0.1) is 11.8 Å².